The van der Waals surface area contributed by atoms with Crippen molar-refractivity contribution in [2.75, 3.05) is 7.05 Å². The molecule has 0 spiro atoms. The second-order valence-electron chi connectivity index (χ2n) is 4.98. The Kier molecular flexibility index (Phi) is 4.33. The predicted molar refractivity (Wildman–Crippen MR) is 91.8 cm³/mol. The minimum Gasteiger partial charge on any atom is -0.311 e. The van der Waals surface area contributed by atoms with Crippen molar-refractivity contribution >= 4 is 38.2 Å². The molecule has 0 aliphatic rings. The van der Waals surface area contributed by atoms with E-state index in [-0.39, 0.29) is 6.04 Å². The fourth-order valence-electron chi connectivity index (χ4n) is 2.36. The van der Waals surface area contributed by atoms with Gasteiger partial charge in [0.25, 0.3) is 0 Å². The first-order valence-electron chi connectivity index (χ1n) is 6.81. The van der Waals surface area contributed by atoms with E-state index in [4.69, 9.17) is 4.98 Å². The summed E-state index contributed by atoms with van der Waals surface area (Å²) in [6, 6.07) is 10.5. The standard InChI is InChI=1S/C16H16BrN3S/c1-10-9-21-15(19-10)8-14(18-2)16-12(17)7-11-5-3-4-6-13(11)20-16/h3-7,9,14,18H,8H2,1-2H3. The molecular formula is C16H16BrN3S. The molecule has 108 valence electrons. The van der Waals surface area contributed by atoms with Gasteiger partial charge in [0.15, 0.2) is 0 Å². The molecular weight excluding hydrogens is 346 g/mol. The maximum absolute atomic E-state index is 4.82. The lowest BCUT2D eigenvalue weighted by atomic mass is 10.1. The molecule has 1 aromatic carbocycles. The zero-order chi connectivity index (χ0) is 14.8. The van der Waals surface area contributed by atoms with Gasteiger partial charge in [-0.3, -0.25) is 0 Å². The highest BCUT2D eigenvalue weighted by molar-refractivity contribution is 9.10. The third-order valence-electron chi connectivity index (χ3n) is 3.43. The van der Waals surface area contributed by atoms with E-state index in [2.05, 4.69) is 43.7 Å². The van der Waals surface area contributed by atoms with Crippen LogP contribution < -0.4 is 5.32 Å². The number of likely N-dealkylation sites (N-methyl/N-ethyl adjacent to an activating group) is 1. The summed E-state index contributed by atoms with van der Waals surface area (Å²) in [4.78, 5) is 9.37. The number of nitrogens with one attached hydrogen (secondary N) is 1. The number of rotatable bonds is 4. The maximum Gasteiger partial charge on any atom is 0.0947 e. The van der Waals surface area contributed by atoms with Crippen LogP contribution in [0.1, 0.15) is 22.4 Å². The van der Waals surface area contributed by atoms with Crippen molar-refractivity contribution in [1.82, 2.24) is 15.3 Å². The lowest BCUT2D eigenvalue weighted by Gasteiger charge is -2.16. The lowest BCUT2D eigenvalue weighted by molar-refractivity contribution is 0.573. The average molecular weight is 362 g/mol. The smallest absolute Gasteiger partial charge is 0.0947 e. The molecule has 0 saturated heterocycles. The van der Waals surface area contributed by atoms with Gasteiger partial charge in [-0.15, -0.1) is 11.3 Å². The second-order valence-corrected chi connectivity index (χ2v) is 6.77. The summed E-state index contributed by atoms with van der Waals surface area (Å²) >= 11 is 5.36. The number of nitrogens with zero attached hydrogens (tertiary/aromatic N) is 2. The second kappa shape index (κ2) is 6.22. The van der Waals surface area contributed by atoms with Gasteiger partial charge in [-0.2, -0.15) is 0 Å². The summed E-state index contributed by atoms with van der Waals surface area (Å²) in [5, 5.41) is 7.72. The average Bonchev–Trinajstić information content (AvgIpc) is 2.89. The third kappa shape index (κ3) is 3.15. The van der Waals surface area contributed by atoms with Gasteiger partial charge in [-0.05, 0) is 42.0 Å². The van der Waals surface area contributed by atoms with Gasteiger partial charge >= 0.3 is 0 Å². The molecule has 0 bridgehead atoms. The van der Waals surface area contributed by atoms with Crippen LogP contribution in [0, 0.1) is 6.92 Å². The fraction of sp³-hybridized carbons (Fsp3) is 0.250. The lowest BCUT2D eigenvalue weighted by Crippen LogP contribution is -2.20. The summed E-state index contributed by atoms with van der Waals surface area (Å²) in [6.45, 7) is 2.03. The normalized spacial score (nSPS) is 12.7. The van der Waals surface area contributed by atoms with Gasteiger partial charge in [0.2, 0.25) is 0 Å². The highest BCUT2D eigenvalue weighted by Crippen LogP contribution is 2.28. The van der Waals surface area contributed by atoms with Crippen LogP contribution in [0.3, 0.4) is 0 Å². The Morgan fingerprint density at radius 3 is 2.81 bits per heavy atom. The van der Waals surface area contributed by atoms with Crippen molar-refractivity contribution in [2.24, 2.45) is 0 Å². The highest BCUT2D eigenvalue weighted by atomic mass is 79.9. The van der Waals surface area contributed by atoms with Crippen LogP contribution in [-0.2, 0) is 6.42 Å². The molecule has 3 aromatic rings. The molecule has 1 N–H and O–H groups in total. The quantitative estimate of drug-likeness (QED) is 0.753. The molecule has 3 nitrogen and oxygen atoms in total. The summed E-state index contributed by atoms with van der Waals surface area (Å²) in [5.74, 6) is 0. The Morgan fingerprint density at radius 2 is 2.10 bits per heavy atom. The van der Waals surface area contributed by atoms with E-state index >= 15 is 0 Å². The molecule has 0 amide bonds. The predicted octanol–water partition coefficient (Wildman–Crippen LogP) is 4.27. The Balaban J connectivity index is 1.97. The number of pyridine rings is 1. The number of aryl methyl sites for hydroxylation is 1. The van der Waals surface area contributed by atoms with E-state index in [0.29, 0.717) is 0 Å². The monoisotopic (exact) mass is 361 g/mol. The molecule has 1 unspecified atom stereocenters. The van der Waals surface area contributed by atoms with Gasteiger partial charge in [0, 0.05) is 27.4 Å². The zero-order valence-corrected chi connectivity index (χ0v) is 14.3. The van der Waals surface area contributed by atoms with Gasteiger partial charge in [-0.1, -0.05) is 18.2 Å². The van der Waals surface area contributed by atoms with Gasteiger partial charge < -0.3 is 5.32 Å². The number of benzene rings is 1. The van der Waals surface area contributed by atoms with E-state index in [9.17, 15) is 0 Å². The first kappa shape index (κ1) is 14.6. The summed E-state index contributed by atoms with van der Waals surface area (Å²) < 4.78 is 1.04. The summed E-state index contributed by atoms with van der Waals surface area (Å²) in [5.41, 5.74) is 3.13. The number of halogens is 1. The Labute approximate surface area is 136 Å². The van der Waals surface area contributed by atoms with Crippen LogP contribution in [0.4, 0.5) is 0 Å². The van der Waals surface area contributed by atoms with E-state index in [1.165, 1.54) is 0 Å². The van der Waals surface area contributed by atoms with Crippen LogP contribution >= 0.6 is 27.3 Å². The molecule has 0 fully saturated rings. The van der Waals surface area contributed by atoms with Crippen molar-refractivity contribution in [3.8, 4) is 0 Å². The number of para-hydroxylation sites is 1. The van der Waals surface area contributed by atoms with Crippen molar-refractivity contribution < 1.29 is 0 Å². The number of thiazole rings is 1. The van der Waals surface area contributed by atoms with E-state index < -0.39 is 0 Å². The molecule has 0 radical (unpaired) electrons. The largest absolute Gasteiger partial charge is 0.311 e. The number of aromatic nitrogens is 2. The molecule has 3 rings (SSSR count). The van der Waals surface area contributed by atoms with Crippen LogP contribution in [0.25, 0.3) is 10.9 Å². The molecule has 0 saturated carbocycles. The van der Waals surface area contributed by atoms with Crippen molar-refractivity contribution in [1.29, 1.82) is 0 Å². The van der Waals surface area contributed by atoms with Crippen LogP contribution in [-0.4, -0.2) is 17.0 Å². The molecule has 0 aliphatic heterocycles. The molecule has 5 heteroatoms. The molecule has 21 heavy (non-hydrogen) atoms. The van der Waals surface area contributed by atoms with Crippen molar-refractivity contribution in [2.45, 2.75) is 19.4 Å². The summed E-state index contributed by atoms with van der Waals surface area (Å²) in [6.07, 6.45) is 0.846. The first-order valence-corrected chi connectivity index (χ1v) is 8.48. The van der Waals surface area contributed by atoms with Crippen LogP contribution in [0.15, 0.2) is 40.2 Å². The van der Waals surface area contributed by atoms with E-state index in [1.54, 1.807) is 11.3 Å². The van der Waals surface area contributed by atoms with Gasteiger partial charge in [0.05, 0.1) is 22.3 Å². The zero-order valence-electron chi connectivity index (χ0n) is 11.9. The Hall–Kier alpha value is -1.30. The Morgan fingerprint density at radius 1 is 1.29 bits per heavy atom. The fourth-order valence-corrected chi connectivity index (χ4v) is 3.79. The van der Waals surface area contributed by atoms with Crippen LogP contribution in [0.2, 0.25) is 0 Å². The summed E-state index contributed by atoms with van der Waals surface area (Å²) in [7, 11) is 1.97. The number of hydrogen-bond donors (Lipinski definition) is 1. The van der Waals surface area contributed by atoms with Gasteiger partial charge in [-0.25, -0.2) is 9.97 Å². The van der Waals surface area contributed by atoms with Crippen molar-refractivity contribution in [3.05, 3.63) is 56.6 Å². The number of fused-ring (bicyclic) bond motifs is 1. The molecule has 1 atom stereocenters. The topological polar surface area (TPSA) is 37.8 Å². The molecule has 0 aliphatic carbocycles. The first-order chi connectivity index (χ1) is 10.2. The van der Waals surface area contributed by atoms with E-state index in [0.717, 1.165) is 38.2 Å². The minimum absolute atomic E-state index is 0.148. The number of hydrogen-bond acceptors (Lipinski definition) is 4. The molecule has 2 heterocycles. The van der Waals surface area contributed by atoms with Crippen LogP contribution in [0.5, 0.6) is 0 Å². The van der Waals surface area contributed by atoms with Crippen molar-refractivity contribution in [3.63, 3.8) is 0 Å². The molecule has 2 aromatic heterocycles. The Bertz CT molecular complexity index is 769. The minimum atomic E-state index is 0.148. The third-order valence-corrected chi connectivity index (χ3v) is 5.05. The maximum atomic E-state index is 4.82. The van der Waals surface area contributed by atoms with E-state index in [1.807, 2.05) is 32.2 Å². The highest BCUT2D eigenvalue weighted by Gasteiger charge is 2.17. The SMILES string of the molecule is CNC(Cc1nc(C)cs1)c1nc2ccccc2cc1Br. The van der Waals surface area contributed by atoms with Gasteiger partial charge in [0.1, 0.15) is 0 Å².